The third kappa shape index (κ3) is 3.20. The maximum Gasteiger partial charge on any atom is 0.261 e. The number of carbonyl (C=O) groups excluding carboxylic acids is 1. The van der Waals surface area contributed by atoms with Crippen molar-refractivity contribution in [1.82, 2.24) is 14.9 Å². The molecule has 2 aromatic carbocycles. The van der Waals surface area contributed by atoms with Crippen molar-refractivity contribution < 1.29 is 13.9 Å². The molecule has 5 nitrogen and oxygen atoms in total. The standard InChI is InChI=1S/C19H18FN3O2/c20-13-7-9-14(10-8-13)25-12-18(24)23-11-3-6-17(23)19-21-15-4-1-2-5-16(15)22-19/h1-2,4-5,7-10,17H,3,6,11-12H2,(H,21,22)/t17-/m0/s1. The Morgan fingerprint density at radius 1 is 1.24 bits per heavy atom. The number of para-hydroxylation sites is 2. The highest BCUT2D eigenvalue weighted by molar-refractivity contribution is 5.79. The normalized spacial score (nSPS) is 17.2. The zero-order valence-corrected chi connectivity index (χ0v) is 13.6. The van der Waals surface area contributed by atoms with Gasteiger partial charge in [-0.2, -0.15) is 0 Å². The monoisotopic (exact) mass is 339 g/mol. The fourth-order valence-corrected chi connectivity index (χ4v) is 3.24. The Morgan fingerprint density at radius 3 is 2.84 bits per heavy atom. The first kappa shape index (κ1) is 15.6. The predicted molar refractivity (Wildman–Crippen MR) is 91.7 cm³/mol. The van der Waals surface area contributed by atoms with Crippen LogP contribution in [0.25, 0.3) is 11.0 Å². The van der Waals surface area contributed by atoms with Crippen LogP contribution in [0.2, 0.25) is 0 Å². The number of hydrogen-bond acceptors (Lipinski definition) is 3. The average molecular weight is 339 g/mol. The molecule has 0 saturated carbocycles. The second-order valence-corrected chi connectivity index (χ2v) is 6.13. The van der Waals surface area contributed by atoms with E-state index < -0.39 is 0 Å². The molecular formula is C19H18FN3O2. The lowest BCUT2D eigenvalue weighted by atomic mass is 10.2. The van der Waals surface area contributed by atoms with Crippen molar-refractivity contribution in [3.05, 3.63) is 60.2 Å². The van der Waals surface area contributed by atoms with Crippen molar-refractivity contribution in [2.75, 3.05) is 13.2 Å². The maximum absolute atomic E-state index is 12.9. The molecule has 0 aliphatic carbocycles. The zero-order valence-electron chi connectivity index (χ0n) is 13.6. The number of amides is 1. The first-order valence-electron chi connectivity index (χ1n) is 8.33. The molecule has 0 radical (unpaired) electrons. The maximum atomic E-state index is 12.9. The van der Waals surface area contributed by atoms with Gasteiger partial charge in [-0.25, -0.2) is 9.37 Å². The lowest BCUT2D eigenvalue weighted by molar-refractivity contribution is -0.134. The van der Waals surface area contributed by atoms with Gasteiger partial charge in [0, 0.05) is 6.54 Å². The molecule has 4 rings (SSSR count). The molecule has 1 fully saturated rings. The van der Waals surface area contributed by atoms with Gasteiger partial charge in [-0.05, 0) is 49.2 Å². The molecule has 0 bridgehead atoms. The Labute approximate surface area is 144 Å². The van der Waals surface area contributed by atoms with Crippen LogP contribution in [0.5, 0.6) is 5.75 Å². The summed E-state index contributed by atoms with van der Waals surface area (Å²) >= 11 is 0. The van der Waals surface area contributed by atoms with Crippen LogP contribution in [0.1, 0.15) is 24.7 Å². The molecule has 1 saturated heterocycles. The van der Waals surface area contributed by atoms with Crippen molar-refractivity contribution in [3.8, 4) is 5.75 Å². The molecule has 0 spiro atoms. The average Bonchev–Trinajstić information content (AvgIpc) is 3.27. The van der Waals surface area contributed by atoms with Crippen LogP contribution in [-0.4, -0.2) is 33.9 Å². The lowest BCUT2D eigenvalue weighted by Crippen LogP contribution is -2.34. The van der Waals surface area contributed by atoms with Gasteiger partial charge < -0.3 is 14.6 Å². The highest BCUT2D eigenvalue weighted by Gasteiger charge is 2.32. The molecule has 6 heteroatoms. The number of hydrogen-bond donors (Lipinski definition) is 1. The van der Waals surface area contributed by atoms with E-state index >= 15 is 0 Å². The van der Waals surface area contributed by atoms with E-state index in [2.05, 4.69) is 9.97 Å². The SMILES string of the molecule is O=C(COc1ccc(F)cc1)N1CCC[C@H]1c1nc2ccccc2[nH]1. The van der Waals surface area contributed by atoms with E-state index in [9.17, 15) is 9.18 Å². The van der Waals surface area contributed by atoms with Crippen molar-refractivity contribution in [2.24, 2.45) is 0 Å². The van der Waals surface area contributed by atoms with Gasteiger partial charge in [0.2, 0.25) is 0 Å². The first-order valence-corrected chi connectivity index (χ1v) is 8.33. The summed E-state index contributed by atoms with van der Waals surface area (Å²) in [5.41, 5.74) is 1.87. The van der Waals surface area contributed by atoms with Gasteiger partial charge in [0.05, 0.1) is 17.1 Å². The van der Waals surface area contributed by atoms with Gasteiger partial charge in [-0.1, -0.05) is 12.1 Å². The number of benzene rings is 2. The summed E-state index contributed by atoms with van der Waals surface area (Å²) in [6.45, 7) is 0.621. The van der Waals surface area contributed by atoms with E-state index in [0.717, 1.165) is 29.7 Å². The molecule has 25 heavy (non-hydrogen) atoms. The van der Waals surface area contributed by atoms with E-state index in [-0.39, 0.29) is 24.4 Å². The highest BCUT2D eigenvalue weighted by Crippen LogP contribution is 2.31. The summed E-state index contributed by atoms with van der Waals surface area (Å²) in [5.74, 6) is 0.874. The van der Waals surface area contributed by atoms with Gasteiger partial charge in [0.15, 0.2) is 6.61 Å². The highest BCUT2D eigenvalue weighted by atomic mass is 19.1. The molecule has 1 atom stereocenters. The van der Waals surface area contributed by atoms with Crippen molar-refractivity contribution in [2.45, 2.75) is 18.9 Å². The van der Waals surface area contributed by atoms with E-state index in [1.165, 1.54) is 24.3 Å². The zero-order chi connectivity index (χ0) is 17.2. The molecule has 0 unspecified atom stereocenters. The summed E-state index contributed by atoms with van der Waals surface area (Å²) in [6, 6.07) is 13.4. The third-order valence-corrected chi connectivity index (χ3v) is 4.47. The molecule has 2 heterocycles. The molecule has 3 aromatic rings. The number of nitrogens with one attached hydrogen (secondary N) is 1. The minimum atomic E-state index is -0.330. The Hall–Kier alpha value is -2.89. The largest absolute Gasteiger partial charge is 0.484 e. The Morgan fingerprint density at radius 2 is 2.04 bits per heavy atom. The van der Waals surface area contributed by atoms with Crippen LogP contribution < -0.4 is 4.74 Å². The molecule has 1 aliphatic rings. The Bertz CT molecular complexity index is 858. The topological polar surface area (TPSA) is 58.2 Å². The van der Waals surface area contributed by atoms with Crippen LogP contribution >= 0.6 is 0 Å². The van der Waals surface area contributed by atoms with E-state index in [0.29, 0.717) is 12.3 Å². The molecule has 1 amide bonds. The second kappa shape index (κ2) is 6.55. The van der Waals surface area contributed by atoms with Gasteiger partial charge in [-0.3, -0.25) is 4.79 Å². The number of likely N-dealkylation sites (tertiary alicyclic amines) is 1. The number of fused-ring (bicyclic) bond motifs is 1. The number of ether oxygens (including phenoxy) is 1. The van der Waals surface area contributed by atoms with Gasteiger partial charge in [0.25, 0.3) is 5.91 Å². The van der Waals surface area contributed by atoms with Crippen molar-refractivity contribution in [3.63, 3.8) is 0 Å². The molecule has 128 valence electrons. The molecule has 1 N–H and O–H groups in total. The van der Waals surface area contributed by atoms with Crippen LogP contribution in [0.4, 0.5) is 4.39 Å². The summed E-state index contributed by atoms with van der Waals surface area (Å²) in [4.78, 5) is 22.3. The number of aromatic amines is 1. The first-order chi connectivity index (χ1) is 12.2. The van der Waals surface area contributed by atoms with Gasteiger partial charge in [0.1, 0.15) is 17.4 Å². The van der Waals surface area contributed by atoms with Crippen LogP contribution in [0.3, 0.4) is 0 Å². The molecule has 1 aliphatic heterocycles. The number of H-pyrrole nitrogens is 1. The van der Waals surface area contributed by atoms with E-state index in [1.807, 2.05) is 24.3 Å². The smallest absolute Gasteiger partial charge is 0.261 e. The second-order valence-electron chi connectivity index (χ2n) is 6.13. The minimum Gasteiger partial charge on any atom is -0.484 e. The Kier molecular flexibility index (Phi) is 4.09. The fourth-order valence-electron chi connectivity index (χ4n) is 3.24. The van der Waals surface area contributed by atoms with E-state index in [4.69, 9.17) is 4.74 Å². The predicted octanol–water partition coefficient (Wildman–Crippen LogP) is 3.44. The summed E-state index contributed by atoms with van der Waals surface area (Å²) in [7, 11) is 0. The number of imidazole rings is 1. The van der Waals surface area contributed by atoms with Crippen LogP contribution in [-0.2, 0) is 4.79 Å². The summed E-state index contributed by atoms with van der Waals surface area (Å²) in [6.07, 6.45) is 1.81. The van der Waals surface area contributed by atoms with E-state index in [1.54, 1.807) is 4.90 Å². The fraction of sp³-hybridized carbons (Fsp3) is 0.263. The number of nitrogens with zero attached hydrogens (tertiary/aromatic N) is 2. The third-order valence-electron chi connectivity index (χ3n) is 4.47. The number of aromatic nitrogens is 2. The number of rotatable bonds is 4. The minimum absolute atomic E-state index is 0.0586. The quantitative estimate of drug-likeness (QED) is 0.792. The van der Waals surface area contributed by atoms with Crippen molar-refractivity contribution in [1.29, 1.82) is 0 Å². The number of carbonyl (C=O) groups is 1. The van der Waals surface area contributed by atoms with Crippen LogP contribution in [0, 0.1) is 5.82 Å². The molecular weight excluding hydrogens is 321 g/mol. The number of halogens is 1. The van der Waals surface area contributed by atoms with Gasteiger partial charge in [-0.15, -0.1) is 0 Å². The van der Waals surface area contributed by atoms with Crippen molar-refractivity contribution >= 4 is 16.9 Å². The summed E-state index contributed by atoms with van der Waals surface area (Å²) < 4.78 is 18.4. The Balaban J connectivity index is 1.46. The lowest BCUT2D eigenvalue weighted by Gasteiger charge is -2.23. The summed E-state index contributed by atoms with van der Waals surface area (Å²) in [5, 5.41) is 0. The molecule has 1 aromatic heterocycles. The van der Waals surface area contributed by atoms with Crippen LogP contribution in [0.15, 0.2) is 48.5 Å². The van der Waals surface area contributed by atoms with Gasteiger partial charge >= 0.3 is 0 Å².